The number of fused-ring (bicyclic) bond motifs is 1. The van der Waals surface area contributed by atoms with Crippen molar-refractivity contribution in [3.8, 4) is 0 Å². The van der Waals surface area contributed by atoms with Gasteiger partial charge < -0.3 is 0 Å². The molecular formula is C16H14O. The molecule has 0 radical (unpaired) electrons. The van der Waals surface area contributed by atoms with Crippen LogP contribution in [0.25, 0.3) is 0 Å². The maximum absolute atomic E-state index is 12.3. The largest absolute Gasteiger partial charge is 0.289 e. The summed E-state index contributed by atoms with van der Waals surface area (Å²) in [5.74, 6) is 0.208. The molecule has 3 rings (SSSR count). The van der Waals surface area contributed by atoms with Crippen LogP contribution in [0, 0.1) is 0 Å². The van der Waals surface area contributed by atoms with Crippen LogP contribution in [0.4, 0.5) is 0 Å². The molecule has 0 unspecified atom stereocenters. The summed E-state index contributed by atoms with van der Waals surface area (Å²) in [5, 5.41) is 0. The third kappa shape index (κ3) is 1.89. The first-order chi connectivity index (χ1) is 8.34. The first kappa shape index (κ1) is 10.3. The van der Waals surface area contributed by atoms with Crippen LogP contribution in [0.2, 0.25) is 0 Å². The zero-order valence-electron chi connectivity index (χ0n) is 9.65. The molecule has 0 amide bonds. The highest BCUT2D eigenvalue weighted by molar-refractivity contribution is 6.10. The summed E-state index contributed by atoms with van der Waals surface area (Å²) in [6, 6.07) is 7.94. The molecule has 84 valence electrons. The monoisotopic (exact) mass is 222 g/mol. The first-order valence-electron chi connectivity index (χ1n) is 6.03. The average molecular weight is 222 g/mol. The number of Topliss-reactive ketones (excluding diaryl/α,β-unsaturated/α-hetero) is 1. The second-order valence-corrected chi connectivity index (χ2v) is 4.53. The molecule has 0 heterocycles. The van der Waals surface area contributed by atoms with Gasteiger partial charge in [0, 0.05) is 11.1 Å². The van der Waals surface area contributed by atoms with Crippen LogP contribution < -0.4 is 0 Å². The second kappa shape index (κ2) is 4.17. The lowest BCUT2D eigenvalue weighted by molar-refractivity contribution is 0.102. The van der Waals surface area contributed by atoms with E-state index < -0.39 is 0 Å². The minimum absolute atomic E-state index is 0.208. The molecule has 1 heteroatoms. The van der Waals surface area contributed by atoms with Gasteiger partial charge >= 0.3 is 0 Å². The smallest absolute Gasteiger partial charge is 0.189 e. The van der Waals surface area contributed by atoms with Gasteiger partial charge in [0.1, 0.15) is 0 Å². The molecular weight excluding hydrogens is 208 g/mol. The predicted octanol–water partition coefficient (Wildman–Crippen LogP) is 3.63. The van der Waals surface area contributed by atoms with Crippen LogP contribution in [-0.4, -0.2) is 5.78 Å². The molecule has 0 saturated carbocycles. The molecule has 0 fully saturated rings. The Morgan fingerprint density at radius 3 is 2.82 bits per heavy atom. The van der Waals surface area contributed by atoms with E-state index in [-0.39, 0.29) is 5.78 Å². The Hall–Kier alpha value is -1.89. The van der Waals surface area contributed by atoms with Gasteiger partial charge in [-0.1, -0.05) is 48.6 Å². The van der Waals surface area contributed by atoms with E-state index in [1.807, 2.05) is 24.3 Å². The Bertz CT molecular complexity index is 559. The predicted molar refractivity (Wildman–Crippen MR) is 69.0 cm³/mol. The van der Waals surface area contributed by atoms with Crippen molar-refractivity contribution in [3.63, 3.8) is 0 Å². The van der Waals surface area contributed by atoms with E-state index >= 15 is 0 Å². The van der Waals surface area contributed by atoms with E-state index in [0.29, 0.717) is 0 Å². The zero-order valence-corrected chi connectivity index (χ0v) is 9.65. The van der Waals surface area contributed by atoms with Gasteiger partial charge in [-0.2, -0.15) is 0 Å². The Balaban J connectivity index is 1.94. The minimum atomic E-state index is 0.208. The van der Waals surface area contributed by atoms with Crippen LogP contribution in [0.3, 0.4) is 0 Å². The number of allylic oxidation sites excluding steroid dienone is 6. The maximum Gasteiger partial charge on any atom is 0.189 e. The molecule has 1 aromatic carbocycles. The van der Waals surface area contributed by atoms with E-state index in [9.17, 15) is 4.79 Å². The summed E-state index contributed by atoms with van der Waals surface area (Å²) in [4.78, 5) is 12.3. The number of hydrogen-bond donors (Lipinski definition) is 0. The van der Waals surface area contributed by atoms with E-state index in [4.69, 9.17) is 0 Å². The Morgan fingerprint density at radius 2 is 2.00 bits per heavy atom. The number of hydrogen-bond acceptors (Lipinski definition) is 1. The molecule has 0 aliphatic heterocycles. The van der Waals surface area contributed by atoms with Gasteiger partial charge in [-0.25, -0.2) is 0 Å². The molecule has 2 aliphatic rings. The fourth-order valence-electron chi connectivity index (χ4n) is 2.45. The number of aryl methyl sites for hydroxylation is 1. The molecule has 0 atom stereocenters. The molecule has 17 heavy (non-hydrogen) atoms. The first-order valence-corrected chi connectivity index (χ1v) is 6.03. The number of rotatable bonds is 1. The van der Waals surface area contributed by atoms with Crippen molar-refractivity contribution < 1.29 is 4.79 Å². The van der Waals surface area contributed by atoms with Crippen molar-refractivity contribution in [3.05, 3.63) is 70.8 Å². The lowest BCUT2D eigenvalue weighted by Crippen LogP contribution is -2.14. The van der Waals surface area contributed by atoms with Crippen molar-refractivity contribution >= 4 is 5.78 Å². The minimum Gasteiger partial charge on any atom is -0.289 e. The van der Waals surface area contributed by atoms with Crippen LogP contribution in [0.1, 0.15) is 28.8 Å². The SMILES string of the molecule is O=C1/C(=C/C2=CC=CC2)CCc2ccccc21. The Labute approximate surface area is 101 Å². The number of carbonyl (C=O) groups excluding carboxylic acids is 1. The van der Waals surface area contributed by atoms with Crippen LogP contribution >= 0.6 is 0 Å². The molecule has 0 N–H and O–H groups in total. The van der Waals surface area contributed by atoms with Crippen LogP contribution in [0.15, 0.2) is 59.7 Å². The van der Waals surface area contributed by atoms with Crippen LogP contribution in [0.5, 0.6) is 0 Å². The Kier molecular flexibility index (Phi) is 2.52. The summed E-state index contributed by atoms with van der Waals surface area (Å²) >= 11 is 0. The summed E-state index contributed by atoms with van der Waals surface area (Å²) in [7, 11) is 0. The molecule has 0 bridgehead atoms. The van der Waals surface area contributed by atoms with Gasteiger partial charge in [0.2, 0.25) is 0 Å². The van der Waals surface area contributed by atoms with Crippen molar-refractivity contribution in [1.29, 1.82) is 0 Å². The normalized spacial score (nSPS) is 20.6. The van der Waals surface area contributed by atoms with E-state index in [2.05, 4.69) is 24.3 Å². The molecule has 2 aliphatic carbocycles. The Morgan fingerprint density at radius 1 is 1.12 bits per heavy atom. The second-order valence-electron chi connectivity index (χ2n) is 4.53. The van der Waals surface area contributed by atoms with Gasteiger partial charge in [0.15, 0.2) is 5.78 Å². The highest BCUT2D eigenvalue weighted by Gasteiger charge is 2.21. The molecule has 0 spiro atoms. The van der Waals surface area contributed by atoms with Crippen molar-refractivity contribution in [2.24, 2.45) is 0 Å². The van der Waals surface area contributed by atoms with Gasteiger partial charge in [-0.15, -0.1) is 0 Å². The molecule has 0 aromatic heterocycles. The van der Waals surface area contributed by atoms with Crippen molar-refractivity contribution in [2.45, 2.75) is 19.3 Å². The van der Waals surface area contributed by atoms with E-state index in [1.165, 1.54) is 11.1 Å². The van der Waals surface area contributed by atoms with Gasteiger partial charge in [0.25, 0.3) is 0 Å². The highest BCUT2D eigenvalue weighted by Crippen LogP contribution is 2.26. The third-order valence-corrected chi connectivity index (χ3v) is 3.38. The summed E-state index contributed by atoms with van der Waals surface area (Å²) in [5.41, 5.74) is 4.27. The fraction of sp³-hybridized carbons (Fsp3) is 0.188. The lowest BCUT2D eigenvalue weighted by atomic mass is 9.86. The number of benzene rings is 1. The maximum atomic E-state index is 12.3. The van der Waals surface area contributed by atoms with Crippen molar-refractivity contribution in [1.82, 2.24) is 0 Å². The standard InChI is InChI=1S/C16H14O/c17-16-14(11-12-5-1-2-6-12)10-9-13-7-3-4-8-15(13)16/h1-5,7-8,11H,6,9-10H2/b14-11+. The summed E-state index contributed by atoms with van der Waals surface area (Å²) in [6.45, 7) is 0. The third-order valence-electron chi connectivity index (χ3n) is 3.38. The summed E-state index contributed by atoms with van der Waals surface area (Å²) < 4.78 is 0. The highest BCUT2D eigenvalue weighted by atomic mass is 16.1. The quantitative estimate of drug-likeness (QED) is 0.663. The zero-order chi connectivity index (χ0) is 11.7. The summed E-state index contributed by atoms with van der Waals surface area (Å²) in [6.07, 6.45) is 11.1. The molecule has 0 saturated heterocycles. The van der Waals surface area contributed by atoms with E-state index in [1.54, 1.807) is 0 Å². The number of ketones is 1. The van der Waals surface area contributed by atoms with Gasteiger partial charge in [-0.3, -0.25) is 4.79 Å². The van der Waals surface area contributed by atoms with Gasteiger partial charge in [0.05, 0.1) is 0 Å². The van der Waals surface area contributed by atoms with Gasteiger partial charge in [-0.05, 0) is 30.4 Å². The molecule has 1 aromatic rings. The van der Waals surface area contributed by atoms with Crippen LogP contribution in [-0.2, 0) is 6.42 Å². The lowest BCUT2D eigenvalue weighted by Gasteiger charge is -2.17. The average Bonchev–Trinajstić information content (AvgIpc) is 2.86. The van der Waals surface area contributed by atoms with E-state index in [0.717, 1.165) is 30.4 Å². The topological polar surface area (TPSA) is 17.1 Å². The number of carbonyl (C=O) groups is 1. The van der Waals surface area contributed by atoms with Crippen molar-refractivity contribution in [2.75, 3.05) is 0 Å². The molecule has 1 nitrogen and oxygen atoms in total. The fourth-order valence-corrected chi connectivity index (χ4v) is 2.45.